The summed E-state index contributed by atoms with van der Waals surface area (Å²) in [5.74, 6) is 0.947. The maximum Gasteiger partial charge on any atom is 0.216 e. The van der Waals surface area contributed by atoms with E-state index in [1.165, 1.54) is 31.7 Å². The third-order valence-corrected chi connectivity index (χ3v) is 3.17. The summed E-state index contributed by atoms with van der Waals surface area (Å²) < 4.78 is 5.77. The molecule has 0 aliphatic rings. The van der Waals surface area contributed by atoms with Gasteiger partial charge in [-0.2, -0.15) is 0 Å². The molecule has 1 amide bonds. The fourth-order valence-electron chi connectivity index (χ4n) is 2.02. The van der Waals surface area contributed by atoms with Gasteiger partial charge in [-0.25, -0.2) is 0 Å². The van der Waals surface area contributed by atoms with Crippen molar-refractivity contribution in [2.45, 2.75) is 46.1 Å². The molecule has 0 radical (unpaired) electrons. The summed E-state index contributed by atoms with van der Waals surface area (Å²) in [6.45, 7) is 6.74. The normalized spacial score (nSPS) is 10.4. The standard InChI is InChI=1S/C17H28N2O2/c1-3-4-5-6-12-21-17-9-7-8-16(13-17)14-18-10-11-19-15(2)20/h7-9,13,18H,3-6,10-12,14H2,1-2H3,(H,19,20). The molecule has 4 nitrogen and oxygen atoms in total. The Hall–Kier alpha value is -1.55. The number of carbonyl (C=O) groups is 1. The van der Waals surface area contributed by atoms with Gasteiger partial charge in [-0.1, -0.05) is 38.3 Å². The van der Waals surface area contributed by atoms with Crippen LogP contribution >= 0.6 is 0 Å². The molecule has 118 valence electrons. The van der Waals surface area contributed by atoms with E-state index in [9.17, 15) is 4.79 Å². The Morgan fingerprint density at radius 1 is 1.19 bits per heavy atom. The van der Waals surface area contributed by atoms with Crippen LogP contribution in [0.15, 0.2) is 24.3 Å². The monoisotopic (exact) mass is 292 g/mol. The van der Waals surface area contributed by atoms with Gasteiger partial charge in [-0.05, 0) is 24.1 Å². The first kappa shape index (κ1) is 17.5. The third kappa shape index (κ3) is 9.08. The summed E-state index contributed by atoms with van der Waals surface area (Å²) in [7, 11) is 0. The van der Waals surface area contributed by atoms with Gasteiger partial charge < -0.3 is 15.4 Å². The Labute approximate surface area is 128 Å². The van der Waals surface area contributed by atoms with Crippen LogP contribution in [0.1, 0.15) is 45.1 Å². The Balaban J connectivity index is 2.20. The van der Waals surface area contributed by atoms with Crippen molar-refractivity contribution in [2.75, 3.05) is 19.7 Å². The van der Waals surface area contributed by atoms with Crippen LogP contribution in [0.4, 0.5) is 0 Å². The van der Waals surface area contributed by atoms with Crippen LogP contribution in [0, 0.1) is 0 Å². The van der Waals surface area contributed by atoms with Crippen LogP contribution in [-0.4, -0.2) is 25.6 Å². The number of unbranched alkanes of at least 4 members (excludes halogenated alkanes) is 3. The molecule has 1 rings (SSSR count). The van der Waals surface area contributed by atoms with Crippen molar-refractivity contribution in [2.24, 2.45) is 0 Å². The highest BCUT2D eigenvalue weighted by atomic mass is 16.5. The molecule has 0 aliphatic heterocycles. The number of hydrogen-bond acceptors (Lipinski definition) is 3. The van der Waals surface area contributed by atoms with Gasteiger partial charge in [0.2, 0.25) is 5.91 Å². The van der Waals surface area contributed by atoms with Crippen LogP contribution in [0.3, 0.4) is 0 Å². The summed E-state index contributed by atoms with van der Waals surface area (Å²) in [4.78, 5) is 10.7. The fraction of sp³-hybridized carbons (Fsp3) is 0.588. The van der Waals surface area contributed by atoms with Gasteiger partial charge in [0.25, 0.3) is 0 Å². The predicted molar refractivity (Wildman–Crippen MR) is 86.5 cm³/mol. The predicted octanol–water partition coefficient (Wildman–Crippen LogP) is 2.87. The Morgan fingerprint density at radius 2 is 2.05 bits per heavy atom. The number of nitrogens with one attached hydrogen (secondary N) is 2. The van der Waals surface area contributed by atoms with E-state index in [1.807, 2.05) is 12.1 Å². The summed E-state index contributed by atoms with van der Waals surface area (Å²) in [5, 5.41) is 6.06. The molecule has 0 saturated heterocycles. The Bertz CT molecular complexity index is 408. The van der Waals surface area contributed by atoms with Gasteiger partial charge in [-0.3, -0.25) is 4.79 Å². The van der Waals surface area contributed by atoms with Crippen LogP contribution < -0.4 is 15.4 Å². The van der Waals surface area contributed by atoms with Gasteiger partial charge in [0.05, 0.1) is 6.61 Å². The molecule has 0 heterocycles. The highest BCUT2D eigenvalue weighted by Gasteiger charge is 1.98. The van der Waals surface area contributed by atoms with E-state index in [1.54, 1.807) is 0 Å². The minimum absolute atomic E-state index is 0.00951. The summed E-state index contributed by atoms with van der Waals surface area (Å²) in [5.41, 5.74) is 1.20. The summed E-state index contributed by atoms with van der Waals surface area (Å²) in [6, 6.07) is 8.17. The van der Waals surface area contributed by atoms with E-state index in [0.717, 1.165) is 31.9 Å². The SMILES string of the molecule is CCCCCCOc1cccc(CNCCNC(C)=O)c1. The van der Waals surface area contributed by atoms with Crippen LogP contribution in [0.2, 0.25) is 0 Å². The van der Waals surface area contributed by atoms with Crippen LogP contribution in [-0.2, 0) is 11.3 Å². The van der Waals surface area contributed by atoms with Crippen molar-refractivity contribution in [3.05, 3.63) is 29.8 Å². The van der Waals surface area contributed by atoms with E-state index < -0.39 is 0 Å². The van der Waals surface area contributed by atoms with Gasteiger partial charge >= 0.3 is 0 Å². The zero-order chi connectivity index (χ0) is 15.3. The van der Waals surface area contributed by atoms with Gasteiger partial charge in [0.1, 0.15) is 5.75 Å². The molecule has 1 aromatic carbocycles. The highest BCUT2D eigenvalue weighted by Crippen LogP contribution is 2.14. The molecule has 21 heavy (non-hydrogen) atoms. The average Bonchev–Trinajstić information content (AvgIpc) is 2.47. The number of benzene rings is 1. The largest absolute Gasteiger partial charge is 0.494 e. The second-order valence-electron chi connectivity index (χ2n) is 5.22. The summed E-state index contributed by atoms with van der Waals surface area (Å²) >= 11 is 0. The van der Waals surface area contributed by atoms with E-state index in [0.29, 0.717) is 6.54 Å². The van der Waals surface area contributed by atoms with E-state index in [4.69, 9.17) is 4.74 Å². The average molecular weight is 292 g/mol. The van der Waals surface area contributed by atoms with Gasteiger partial charge in [0.15, 0.2) is 0 Å². The fourth-order valence-corrected chi connectivity index (χ4v) is 2.02. The lowest BCUT2D eigenvalue weighted by molar-refractivity contribution is -0.118. The van der Waals surface area contributed by atoms with E-state index in [2.05, 4.69) is 29.7 Å². The van der Waals surface area contributed by atoms with Gasteiger partial charge in [-0.15, -0.1) is 0 Å². The lowest BCUT2D eigenvalue weighted by Crippen LogP contribution is -2.29. The smallest absolute Gasteiger partial charge is 0.216 e. The van der Waals surface area contributed by atoms with Crippen molar-refractivity contribution in [1.82, 2.24) is 10.6 Å². The Kier molecular flexibility index (Phi) is 9.29. The molecule has 4 heteroatoms. The lowest BCUT2D eigenvalue weighted by Gasteiger charge is -2.09. The first-order valence-electron chi connectivity index (χ1n) is 7.89. The van der Waals surface area contributed by atoms with Crippen molar-refractivity contribution in [1.29, 1.82) is 0 Å². The molecule has 0 aromatic heterocycles. The molecule has 0 atom stereocenters. The molecular formula is C17H28N2O2. The minimum Gasteiger partial charge on any atom is -0.494 e. The maximum absolute atomic E-state index is 10.7. The zero-order valence-electron chi connectivity index (χ0n) is 13.3. The molecular weight excluding hydrogens is 264 g/mol. The second-order valence-corrected chi connectivity index (χ2v) is 5.22. The molecule has 2 N–H and O–H groups in total. The van der Waals surface area contributed by atoms with Crippen molar-refractivity contribution in [3.8, 4) is 5.75 Å². The molecule has 0 aliphatic carbocycles. The zero-order valence-corrected chi connectivity index (χ0v) is 13.3. The number of hydrogen-bond donors (Lipinski definition) is 2. The highest BCUT2D eigenvalue weighted by molar-refractivity contribution is 5.72. The Morgan fingerprint density at radius 3 is 2.81 bits per heavy atom. The van der Waals surface area contributed by atoms with Crippen molar-refractivity contribution < 1.29 is 9.53 Å². The van der Waals surface area contributed by atoms with Crippen molar-refractivity contribution in [3.63, 3.8) is 0 Å². The van der Waals surface area contributed by atoms with E-state index in [-0.39, 0.29) is 5.91 Å². The molecule has 0 bridgehead atoms. The second kappa shape index (κ2) is 11.1. The topological polar surface area (TPSA) is 50.4 Å². The van der Waals surface area contributed by atoms with Crippen molar-refractivity contribution >= 4 is 5.91 Å². The number of rotatable bonds is 11. The first-order chi connectivity index (χ1) is 10.2. The molecule has 0 fully saturated rings. The maximum atomic E-state index is 10.7. The van der Waals surface area contributed by atoms with Crippen LogP contribution in [0.25, 0.3) is 0 Å². The summed E-state index contributed by atoms with van der Waals surface area (Å²) in [6.07, 6.45) is 4.88. The minimum atomic E-state index is 0.00951. The number of amides is 1. The van der Waals surface area contributed by atoms with E-state index >= 15 is 0 Å². The first-order valence-corrected chi connectivity index (χ1v) is 7.89. The number of ether oxygens (including phenoxy) is 1. The number of carbonyl (C=O) groups excluding carboxylic acids is 1. The molecule has 0 saturated carbocycles. The third-order valence-electron chi connectivity index (χ3n) is 3.17. The van der Waals surface area contributed by atoms with Crippen LogP contribution in [0.5, 0.6) is 5.75 Å². The lowest BCUT2D eigenvalue weighted by atomic mass is 10.2. The van der Waals surface area contributed by atoms with Gasteiger partial charge in [0, 0.05) is 26.6 Å². The molecule has 0 unspecified atom stereocenters. The molecule has 1 aromatic rings. The quantitative estimate of drug-likeness (QED) is 0.617. The molecule has 0 spiro atoms.